The van der Waals surface area contributed by atoms with Gasteiger partial charge in [0, 0.05) is 18.9 Å². The highest BCUT2D eigenvalue weighted by atomic mass is 35.5. The number of aromatic nitrogens is 4. The van der Waals surface area contributed by atoms with Crippen molar-refractivity contribution in [3.05, 3.63) is 58.1 Å². The molecule has 0 spiro atoms. The van der Waals surface area contributed by atoms with Gasteiger partial charge in [-0.3, -0.25) is 9.78 Å². The lowest BCUT2D eigenvalue weighted by Gasteiger charge is -2.34. The molecule has 8 nitrogen and oxygen atoms in total. The summed E-state index contributed by atoms with van der Waals surface area (Å²) in [6.45, 7) is 3.99. The molecule has 180 valence electrons. The fourth-order valence-electron chi connectivity index (χ4n) is 3.72. The molecule has 0 bridgehead atoms. The van der Waals surface area contributed by atoms with E-state index in [-0.39, 0.29) is 23.5 Å². The lowest BCUT2D eigenvalue weighted by atomic mass is 10.1. The Morgan fingerprint density at radius 2 is 1.94 bits per heavy atom. The number of ether oxygens (including phenoxy) is 1. The standard InChI is InChI=1S/C22H22ClF3N6O2/c1-12-20-18(31(3)13(2)21(33)28-20)9-15(27-12)5-6-16-11-32(30-29-16)10-14-4-7-19(17(23)8-14)34-22(24,25)26/h4,7-9,11,13H,5-6,10H2,1-3H3,(H,28,33)/t13-/m0/s1. The normalized spacial score (nSPS) is 15.8. The molecule has 1 aromatic carbocycles. The molecule has 1 amide bonds. The molecule has 0 saturated heterocycles. The number of amides is 1. The molecular formula is C22H22ClF3N6O2. The maximum Gasteiger partial charge on any atom is 0.573 e. The number of fused-ring (bicyclic) bond motifs is 1. The number of benzene rings is 1. The Bertz CT molecular complexity index is 1230. The lowest BCUT2D eigenvalue weighted by molar-refractivity contribution is -0.274. The van der Waals surface area contributed by atoms with E-state index in [0.29, 0.717) is 18.4 Å². The van der Waals surface area contributed by atoms with Crippen molar-refractivity contribution in [2.75, 3.05) is 17.3 Å². The predicted molar refractivity (Wildman–Crippen MR) is 120 cm³/mol. The van der Waals surface area contributed by atoms with Crippen LogP contribution in [0.2, 0.25) is 5.02 Å². The van der Waals surface area contributed by atoms with Crippen molar-refractivity contribution in [1.29, 1.82) is 0 Å². The number of anilines is 2. The summed E-state index contributed by atoms with van der Waals surface area (Å²) in [5.74, 6) is -0.516. The van der Waals surface area contributed by atoms with Crippen molar-refractivity contribution in [3.63, 3.8) is 0 Å². The van der Waals surface area contributed by atoms with Crippen molar-refractivity contribution in [3.8, 4) is 5.75 Å². The lowest BCUT2D eigenvalue weighted by Crippen LogP contribution is -2.44. The van der Waals surface area contributed by atoms with Gasteiger partial charge >= 0.3 is 6.36 Å². The molecule has 0 saturated carbocycles. The number of nitrogens with zero attached hydrogens (tertiary/aromatic N) is 5. The van der Waals surface area contributed by atoms with Gasteiger partial charge in [-0.1, -0.05) is 22.9 Å². The molecule has 1 N–H and O–H groups in total. The summed E-state index contributed by atoms with van der Waals surface area (Å²) in [4.78, 5) is 18.6. The second kappa shape index (κ2) is 9.13. The number of aryl methyl sites for hydroxylation is 3. The van der Waals surface area contributed by atoms with Crippen LogP contribution in [-0.4, -0.2) is 45.3 Å². The molecule has 0 radical (unpaired) electrons. The molecule has 12 heteroatoms. The van der Waals surface area contributed by atoms with E-state index in [1.165, 1.54) is 18.2 Å². The van der Waals surface area contributed by atoms with Crippen LogP contribution in [0.3, 0.4) is 0 Å². The molecule has 0 fully saturated rings. The van der Waals surface area contributed by atoms with Gasteiger partial charge in [-0.25, -0.2) is 4.68 Å². The Kier molecular flexibility index (Phi) is 6.39. The Hall–Kier alpha value is -3.34. The zero-order valence-corrected chi connectivity index (χ0v) is 19.4. The molecule has 1 aliphatic rings. The van der Waals surface area contributed by atoms with Crippen LogP contribution in [0.5, 0.6) is 5.75 Å². The predicted octanol–water partition coefficient (Wildman–Crippen LogP) is 4.14. The van der Waals surface area contributed by atoms with Crippen molar-refractivity contribution < 1.29 is 22.7 Å². The number of pyridine rings is 1. The van der Waals surface area contributed by atoms with Gasteiger partial charge in [0.1, 0.15) is 11.8 Å². The summed E-state index contributed by atoms with van der Waals surface area (Å²) >= 11 is 5.91. The second-order valence-corrected chi connectivity index (χ2v) is 8.50. The first-order valence-corrected chi connectivity index (χ1v) is 10.9. The summed E-state index contributed by atoms with van der Waals surface area (Å²) in [5, 5.41) is 11.0. The molecule has 34 heavy (non-hydrogen) atoms. The maximum absolute atomic E-state index is 12.4. The maximum atomic E-state index is 12.4. The van der Waals surface area contributed by atoms with E-state index >= 15 is 0 Å². The topological polar surface area (TPSA) is 85.2 Å². The van der Waals surface area contributed by atoms with Crippen LogP contribution in [0.1, 0.15) is 29.6 Å². The van der Waals surface area contributed by atoms with Crippen LogP contribution in [0.4, 0.5) is 24.5 Å². The van der Waals surface area contributed by atoms with E-state index in [0.717, 1.165) is 28.5 Å². The number of halogens is 4. The number of likely N-dealkylation sites (N-methyl/N-ethyl adjacent to an activating group) is 1. The first-order chi connectivity index (χ1) is 16.0. The van der Waals surface area contributed by atoms with Gasteiger partial charge in [0.15, 0.2) is 0 Å². The highest BCUT2D eigenvalue weighted by Crippen LogP contribution is 2.34. The zero-order chi connectivity index (χ0) is 24.6. The SMILES string of the molecule is Cc1nc(CCc2cn(Cc3ccc(OC(F)(F)F)c(Cl)c3)nn2)cc2c1NC(=O)[C@H](C)N2C. The van der Waals surface area contributed by atoms with Crippen molar-refractivity contribution in [2.45, 2.75) is 45.6 Å². The fourth-order valence-corrected chi connectivity index (χ4v) is 3.96. The molecular weight excluding hydrogens is 473 g/mol. The van der Waals surface area contributed by atoms with Crippen molar-refractivity contribution in [2.24, 2.45) is 0 Å². The van der Waals surface area contributed by atoms with Gasteiger partial charge in [-0.2, -0.15) is 0 Å². The number of hydrogen-bond donors (Lipinski definition) is 1. The highest BCUT2D eigenvalue weighted by Gasteiger charge is 2.32. The minimum atomic E-state index is -4.81. The molecule has 3 heterocycles. The van der Waals surface area contributed by atoms with Crippen LogP contribution >= 0.6 is 11.6 Å². The van der Waals surface area contributed by atoms with Crippen LogP contribution in [0.15, 0.2) is 30.5 Å². The Labute approximate surface area is 198 Å². The van der Waals surface area contributed by atoms with E-state index in [1.54, 1.807) is 10.9 Å². The smallest absolute Gasteiger partial charge is 0.404 e. The largest absolute Gasteiger partial charge is 0.573 e. The van der Waals surface area contributed by atoms with Gasteiger partial charge in [-0.15, -0.1) is 18.3 Å². The quantitative estimate of drug-likeness (QED) is 0.554. The third-order valence-electron chi connectivity index (χ3n) is 5.61. The van der Waals surface area contributed by atoms with Crippen LogP contribution in [0, 0.1) is 6.92 Å². The second-order valence-electron chi connectivity index (χ2n) is 8.09. The number of nitrogens with one attached hydrogen (secondary N) is 1. The van der Waals surface area contributed by atoms with Gasteiger partial charge < -0.3 is 15.0 Å². The fraction of sp³-hybridized carbons (Fsp3) is 0.364. The van der Waals surface area contributed by atoms with Crippen molar-refractivity contribution in [1.82, 2.24) is 20.0 Å². The summed E-state index contributed by atoms with van der Waals surface area (Å²) in [6.07, 6.45) is -1.82. The van der Waals surface area contributed by atoms with Gasteiger partial charge in [0.05, 0.1) is 34.3 Å². The number of rotatable bonds is 6. The minimum Gasteiger partial charge on any atom is -0.404 e. The minimum absolute atomic E-state index is 0.0620. The number of carbonyl (C=O) groups excluding carboxylic acids is 1. The monoisotopic (exact) mass is 494 g/mol. The van der Waals surface area contributed by atoms with Gasteiger partial charge in [0.2, 0.25) is 5.91 Å². The molecule has 1 atom stereocenters. The van der Waals surface area contributed by atoms with Crippen LogP contribution < -0.4 is 15.0 Å². The Morgan fingerprint density at radius 3 is 2.65 bits per heavy atom. The molecule has 2 aromatic heterocycles. The molecule has 4 rings (SSSR count). The number of alkyl halides is 3. The van der Waals surface area contributed by atoms with Crippen LogP contribution in [0.25, 0.3) is 0 Å². The zero-order valence-electron chi connectivity index (χ0n) is 18.6. The summed E-state index contributed by atoms with van der Waals surface area (Å²) in [6, 6.07) is 5.76. The van der Waals surface area contributed by atoms with E-state index in [1.807, 2.05) is 31.9 Å². The Morgan fingerprint density at radius 1 is 1.21 bits per heavy atom. The van der Waals surface area contributed by atoms with E-state index in [4.69, 9.17) is 11.6 Å². The Balaban J connectivity index is 1.41. The van der Waals surface area contributed by atoms with E-state index < -0.39 is 12.1 Å². The average Bonchev–Trinajstić information content (AvgIpc) is 3.20. The summed E-state index contributed by atoms with van der Waals surface area (Å²) < 4.78 is 42.7. The highest BCUT2D eigenvalue weighted by molar-refractivity contribution is 6.32. The van der Waals surface area contributed by atoms with Gasteiger partial charge in [0.25, 0.3) is 0 Å². The van der Waals surface area contributed by atoms with Gasteiger partial charge in [-0.05, 0) is 50.5 Å². The average molecular weight is 495 g/mol. The first-order valence-electron chi connectivity index (χ1n) is 10.5. The molecule has 0 unspecified atom stereocenters. The summed E-state index contributed by atoms with van der Waals surface area (Å²) in [5.41, 5.74) is 4.67. The molecule has 1 aliphatic heterocycles. The number of carbonyl (C=O) groups is 1. The molecule has 0 aliphatic carbocycles. The third-order valence-corrected chi connectivity index (χ3v) is 5.91. The van der Waals surface area contributed by atoms with Crippen LogP contribution in [-0.2, 0) is 24.2 Å². The third kappa shape index (κ3) is 5.24. The van der Waals surface area contributed by atoms with Crippen molar-refractivity contribution >= 4 is 28.9 Å². The molecule has 3 aromatic rings. The first kappa shape index (κ1) is 23.8. The van der Waals surface area contributed by atoms with E-state index in [9.17, 15) is 18.0 Å². The summed E-state index contributed by atoms with van der Waals surface area (Å²) in [7, 11) is 1.88. The number of hydrogen-bond acceptors (Lipinski definition) is 6. The van der Waals surface area contributed by atoms with E-state index in [2.05, 4.69) is 25.3 Å².